The quantitative estimate of drug-likeness (QED) is 0.800. The van der Waals surface area contributed by atoms with E-state index < -0.39 is 6.04 Å². The molecule has 3 rings (SSSR count). The first-order valence-electron chi connectivity index (χ1n) is 8.82. The number of nitrogens with zero attached hydrogens (tertiary/aromatic N) is 3. The van der Waals surface area contributed by atoms with Crippen LogP contribution in [0.15, 0.2) is 41.9 Å². The number of nitrogens with one attached hydrogen (secondary N) is 1. The molecule has 26 heavy (non-hydrogen) atoms. The Hall–Kier alpha value is -2.83. The molecule has 0 radical (unpaired) electrons. The molecule has 7 heteroatoms. The summed E-state index contributed by atoms with van der Waals surface area (Å²) in [6.07, 6.45) is 2.19. The van der Waals surface area contributed by atoms with Crippen molar-refractivity contribution in [1.82, 2.24) is 14.8 Å². The number of ether oxygens (including phenoxy) is 2. The molecule has 0 amide bonds. The van der Waals surface area contributed by atoms with Crippen LogP contribution in [0.5, 0.6) is 5.75 Å². The van der Waals surface area contributed by atoms with Crippen molar-refractivity contribution in [2.75, 3.05) is 11.9 Å². The zero-order valence-corrected chi connectivity index (χ0v) is 15.5. The fourth-order valence-electron chi connectivity index (χ4n) is 2.94. The van der Waals surface area contributed by atoms with Gasteiger partial charge in [0, 0.05) is 5.70 Å². The third kappa shape index (κ3) is 3.56. The molecule has 1 unspecified atom stereocenters. The van der Waals surface area contributed by atoms with Gasteiger partial charge in [0.15, 0.2) is 0 Å². The Kier molecular flexibility index (Phi) is 5.25. The average molecular weight is 356 g/mol. The summed E-state index contributed by atoms with van der Waals surface area (Å²) in [6, 6.07) is 7.29. The zero-order valence-electron chi connectivity index (χ0n) is 15.5. The molecule has 0 saturated carbocycles. The average Bonchev–Trinajstić information content (AvgIpc) is 3.06. The van der Waals surface area contributed by atoms with Crippen molar-refractivity contribution in [1.29, 1.82) is 0 Å². The highest BCUT2D eigenvalue weighted by molar-refractivity contribution is 5.92. The molecule has 1 atom stereocenters. The number of rotatable bonds is 6. The summed E-state index contributed by atoms with van der Waals surface area (Å²) in [5.41, 5.74) is 2.12. The summed E-state index contributed by atoms with van der Waals surface area (Å²) in [7, 11) is 0. The number of benzene rings is 1. The Morgan fingerprint density at radius 2 is 2.19 bits per heavy atom. The second-order valence-corrected chi connectivity index (χ2v) is 6.47. The van der Waals surface area contributed by atoms with Gasteiger partial charge in [0.2, 0.25) is 5.95 Å². The summed E-state index contributed by atoms with van der Waals surface area (Å²) < 4.78 is 12.9. The van der Waals surface area contributed by atoms with Gasteiger partial charge in [-0.3, -0.25) is 0 Å². The van der Waals surface area contributed by atoms with Gasteiger partial charge < -0.3 is 14.8 Å². The molecule has 0 bridgehead atoms. The first-order chi connectivity index (χ1) is 12.5. The molecule has 1 N–H and O–H groups in total. The third-order valence-electron chi connectivity index (χ3n) is 4.00. The van der Waals surface area contributed by atoms with E-state index in [-0.39, 0.29) is 12.1 Å². The van der Waals surface area contributed by atoms with E-state index in [1.54, 1.807) is 4.68 Å². The smallest absolute Gasteiger partial charge is 0.338 e. The molecule has 0 aliphatic carbocycles. The van der Waals surface area contributed by atoms with Crippen molar-refractivity contribution in [2.45, 2.75) is 46.3 Å². The van der Waals surface area contributed by atoms with Crippen molar-refractivity contribution in [2.24, 2.45) is 0 Å². The van der Waals surface area contributed by atoms with Gasteiger partial charge in [0.05, 0.1) is 18.3 Å². The lowest BCUT2D eigenvalue weighted by Gasteiger charge is -2.28. The van der Waals surface area contributed by atoms with Crippen LogP contribution in [0.3, 0.4) is 0 Å². The molecule has 1 aromatic heterocycles. The number of hydrogen-bond donors (Lipinski definition) is 1. The lowest BCUT2D eigenvalue weighted by molar-refractivity contribution is -0.143. The van der Waals surface area contributed by atoms with Crippen LogP contribution in [0.25, 0.3) is 0 Å². The fourth-order valence-corrected chi connectivity index (χ4v) is 2.94. The number of esters is 1. The monoisotopic (exact) mass is 356 g/mol. The van der Waals surface area contributed by atoms with Gasteiger partial charge in [0.1, 0.15) is 18.1 Å². The number of hydrogen-bond acceptors (Lipinski definition) is 6. The van der Waals surface area contributed by atoms with E-state index in [1.807, 2.05) is 45.0 Å². The fraction of sp³-hybridized carbons (Fsp3) is 0.421. The first kappa shape index (κ1) is 18.0. The summed E-state index contributed by atoms with van der Waals surface area (Å²) in [5.74, 6) is 0.989. The minimum absolute atomic E-state index is 0.209. The molecule has 2 heterocycles. The van der Waals surface area contributed by atoms with Crippen molar-refractivity contribution in [3.05, 3.63) is 47.4 Å². The maximum atomic E-state index is 12.8. The molecule has 138 valence electrons. The van der Waals surface area contributed by atoms with Crippen LogP contribution >= 0.6 is 0 Å². The second-order valence-electron chi connectivity index (χ2n) is 6.47. The zero-order chi connectivity index (χ0) is 18.7. The maximum Gasteiger partial charge on any atom is 0.338 e. The van der Waals surface area contributed by atoms with Gasteiger partial charge in [-0.1, -0.05) is 19.1 Å². The minimum Gasteiger partial charge on any atom is -0.494 e. The predicted octanol–water partition coefficient (Wildman–Crippen LogP) is 3.31. The van der Waals surface area contributed by atoms with E-state index in [9.17, 15) is 4.79 Å². The topological polar surface area (TPSA) is 78.3 Å². The predicted molar refractivity (Wildman–Crippen MR) is 97.9 cm³/mol. The minimum atomic E-state index is -0.426. The van der Waals surface area contributed by atoms with Crippen molar-refractivity contribution < 1.29 is 14.3 Å². The molecule has 0 spiro atoms. The van der Waals surface area contributed by atoms with E-state index in [2.05, 4.69) is 22.3 Å². The molecule has 2 aromatic rings. The molecule has 7 nitrogen and oxygen atoms in total. The molecule has 1 aliphatic rings. The van der Waals surface area contributed by atoms with E-state index in [0.29, 0.717) is 23.8 Å². The number of fused-ring (bicyclic) bond motifs is 1. The van der Waals surface area contributed by atoms with Crippen LogP contribution < -0.4 is 10.1 Å². The summed E-state index contributed by atoms with van der Waals surface area (Å²) in [6.45, 7) is 8.21. The normalized spacial score (nSPS) is 16.3. The maximum absolute atomic E-state index is 12.8. The Labute approximate surface area is 153 Å². The molecule has 1 aromatic carbocycles. The van der Waals surface area contributed by atoms with Crippen molar-refractivity contribution in [3.8, 4) is 5.75 Å². The number of carbonyl (C=O) groups excluding carboxylic acids is 1. The highest BCUT2D eigenvalue weighted by atomic mass is 16.5. The van der Waals surface area contributed by atoms with E-state index in [4.69, 9.17) is 9.47 Å². The molecular formula is C19H24N4O3. The van der Waals surface area contributed by atoms with E-state index in [0.717, 1.165) is 17.7 Å². The lowest BCUT2D eigenvalue weighted by Crippen LogP contribution is -2.30. The van der Waals surface area contributed by atoms with Gasteiger partial charge in [-0.15, -0.1) is 0 Å². The van der Waals surface area contributed by atoms with Crippen LogP contribution in [0.2, 0.25) is 0 Å². The van der Waals surface area contributed by atoms with Gasteiger partial charge in [-0.05, 0) is 44.9 Å². The lowest BCUT2D eigenvalue weighted by atomic mass is 9.95. The van der Waals surface area contributed by atoms with Gasteiger partial charge in [-0.2, -0.15) is 10.1 Å². The first-order valence-corrected chi connectivity index (χ1v) is 8.82. The van der Waals surface area contributed by atoms with Crippen molar-refractivity contribution >= 4 is 11.9 Å². The van der Waals surface area contributed by atoms with Crippen LogP contribution in [-0.4, -0.2) is 33.4 Å². The number of allylic oxidation sites excluding steroid dienone is 1. The highest BCUT2D eigenvalue weighted by Gasteiger charge is 2.34. The number of carbonyl (C=O) groups is 1. The van der Waals surface area contributed by atoms with E-state index >= 15 is 0 Å². The van der Waals surface area contributed by atoms with E-state index in [1.165, 1.54) is 6.33 Å². The van der Waals surface area contributed by atoms with Crippen molar-refractivity contribution in [3.63, 3.8) is 0 Å². The number of anilines is 1. The highest BCUT2D eigenvalue weighted by Crippen LogP contribution is 2.36. The van der Waals surface area contributed by atoms with Crippen LogP contribution in [0.4, 0.5) is 5.95 Å². The molecule has 0 saturated heterocycles. The SMILES string of the molecule is CCCOc1cccc(C2C(C(=O)OC(C)C)=C(C)Nc3ncnn32)c1. The summed E-state index contributed by atoms with van der Waals surface area (Å²) in [5, 5.41) is 7.44. The second kappa shape index (κ2) is 7.59. The van der Waals surface area contributed by atoms with Crippen LogP contribution in [-0.2, 0) is 9.53 Å². The molecule has 1 aliphatic heterocycles. The summed E-state index contributed by atoms with van der Waals surface area (Å²) >= 11 is 0. The standard InChI is InChI=1S/C19H24N4O3/c1-5-9-25-15-8-6-7-14(10-15)17-16(18(24)26-12(2)3)13(4)22-19-20-11-21-23(17)19/h6-8,10-12,17H,5,9H2,1-4H3,(H,20,21,22). The largest absolute Gasteiger partial charge is 0.494 e. The molecule has 0 fully saturated rings. The van der Waals surface area contributed by atoms with Gasteiger partial charge >= 0.3 is 5.97 Å². The third-order valence-corrected chi connectivity index (χ3v) is 4.00. The van der Waals surface area contributed by atoms with Crippen LogP contribution in [0, 0.1) is 0 Å². The van der Waals surface area contributed by atoms with Gasteiger partial charge in [-0.25, -0.2) is 9.48 Å². The number of aromatic nitrogens is 3. The Bertz CT molecular complexity index is 826. The Morgan fingerprint density at radius 1 is 1.38 bits per heavy atom. The van der Waals surface area contributed by atoms with Gasteiger partial charge in [0.25, 0.3) is 0 Å². The summed E-state index contributed by atoms with van der Waals surface area (Å²) in [4.78, 5) is 17.0. The molecular weight excluding hydrogens is 332 g/mol. The Balaban J connectivity index is 2.05. The Morgan fingerprint density at radius 3 is 2.92 bits per heavy atom. The van der Waals surface area contributed by atoms with Crippen LogP contribution in [0.1, 0.15) is 45.7 Å².